The van der Waals surface area contributed by atoms with Crippen LogP contribution in [0.1, 0.15) is 15.4 Å². The number of nitrogens with zero attached hydrogens (tertiary/aromatic N) is 3. The highest BCUT2D eigenvalue weighted by atomic mass is 32.1. The molecule has 3 rings (SSSR count). The second-order valence-electron chi connectivity index (χ2n) is 3.96. The number of halogens is 1. The Hall–Kier alpha value is -2.28. The Labute approximate surface area is 111 Å². The first-order chi connectivity index (χ1) is 9.06. The minimum Gasteiger partial charge on any atom is -0.477 e. The van der Waals surface area contributed by atoms with Crippen LogP contribution in [-0.2, 0) is 0 Å². The van der Waals surface area contributed by atoms with Crippen molar-refractivity contribution < 1.29 is 14.3 Å². The molecule has 0 spiro atoms. The van der Waals surface area contributed by atoms with Gasteiger partial charge in [-0.1, -0.05) is 23.5 Å². The zero-order valence-electron chi connectivity index (χ0n) is 9.79. The van der Waals surface area contributed by atoms with Gasteiger partial charge in [0.15, 0.2) is 5.82 Å². The number of aromatic carboxylic acids is 1. The number of carbonyl (C=O) groups is 1. The summed E-state index contributed by atoms with van der Waals surface area (Å²) in [5.74, 6) is -0.980. The van der Waals surface area contributed by atoms with Gasteiger partial charge in [0.05, 0.1) is 5.69 Å². The van der Waals surface area contributed by atoms with Crippen LogP contribution in [0.5, 0.6) is 0 Å². The van der Waals surface area contributed by atoms with Crippen LogP contribution in [0.4, 0.5) is 4.39 Å². The molecule has 1 N–H and O–H groups in total. The zero-order valence-corrected chi connectivity index (χ0v) is 10.6. The van der Waals surface area contributed by atoms with E-state index in [9.17, 15) is 9.18 Å². The van der Waals surface area contributed by atoms with Crippen LogP contribution >= 0.6 is 11.3 Å². The number of benzene rings is 1. The Bertz CT molecular complexity index is 793. The van der Waals surface area contributed by atoms with Crippen molar-refractivity contribution in [2.24, 2.45) is 0 Å². The topological polar surface area (TPSA) is 67.5 Å². The third-order valence-electron chi connectivity index (χ3n) is 2.69. The summed E-state index contributed by atoms with van der Waals surface area (Å²) in [6.07, 6.45) is 0. The van der Waals surface area contributed by atoms with Crippen molar-refractivity contribution in [1.82, 2.24) is 14.6 Å². The van der Waals surface area contributed by atoms with Gasteiger partial charge in [0.2, 0.25) is 4.96 Å². The highest BCUT2D eigenvalue weighted by Gasteiger charge is 2.18. The van der Waals surface area contributed by atoms with Crippen LogP contribution in [0.3, 0.4) is 0 Å². The highest BCUT2D eigenvalue weighted by Crippen LogP contribution is 2.24. The van der Waals surface area contributed by atoms with E-state index < -0.39 is 5.97 Å². The summed E-state index contributed by atoms with van der Waals surface area (Å²) in [4.78, 5) is 15.9. The largest absolute Gasteiger partial charge is 0.477 e. The molecule has 0 radical (unpaired) electrons. The van der Waals surface area contributed by atoms with E-state index in [1.807, 2.05) is 0 Å². The Morgan fingerprint density at radius 2 is 2.26 bits per heavy atom. The van der Waals surface area contributed by atoms with E-state index in [1.165, 1.54) is 16.6 Å². The first kappa shape index (κ1) is 11.8. The Morgan fingerprint density at radius 3 is 2.89 bits per heavy atom. The van der Waals surface area contributed by atoms with E-state index in [1.54, 1.807) is 19.1 Å². The Balaban J connectivity index is 2.16. The molecule has 0 aliphatic heterocycles. The fourth-order valence-corrected chi connectivity index (χ4v) is 2.69. The lowest BCUT2D eigenvalue weighted by Crippen LogP contribution is -1.98. The van der Waals surface area contributed by atoms with E-state index in [0.717, 1.165) is 11.3 Å². The van der Waals surface area contributed by atoms with Gasteiger partial charge in [0.1, 0.15) is 10.7 Å². The van der Waals surface area contributed by atoms with Gasteiger partial charge in [-0.2, -0.15) is 4.98 Å². The third kappa shape index (κ3) is 1.88. The number of rotatable bonds is 2. The van der Waals surface area contributed by atoms with Gasteiger partial charge in [-0.3, -0.25) is 0 Å². The molecule has 0 amide bonds. The summed E-state index contributed by atoms with van der Waals surface area (Å²) in [5, 5.41) is 13.2. The number of hydrogen-bond donors (Lipinski definition) is 1. The summed E-state index contributed by atoms with van der Waals surface area (Å²) < 4.78 is 14.6. The lowest BCUT2D eigenvalue weighted by molar-refractivity contribution is 0.0701. The van der Waals surface area contributed by atoms with Crippen molar-refractivity contribution in [1.29, 1.82) is 0 Å². The van der Waals surface area contributed by atoms with Gasteiger partial charge in [-0.25, -0.2) is 13.7 Å². The van der Waals surface area contributed by atoms with Crippen molar-refractivity contribution in [3.63, 3.8) is 0 Å². The Kier molecular flexibility index (Phi) is 2.56. The molecule has 0 fully saturated rings. The van der Waals surface area contributed by atoms with Crippen LogP contribution < -0.4 is 0 Å². The van der Waals surface area contributed by atoms with Crippen LogP contribution in [0, 0.1) is 12.7 Å². The molecule has 7 heteroatoms. The smallest absolute Gasteiger partial charge is 0.347 e. The molecule has 0 unspecified atom stereocenters. The molecule has 2 aromatic heterocycles. The molecule has 0 atom stereocenters. The molecule has 0 aliphatic rings. The standard InChI is InChI=1S/C12H8FN3O2S/c1-6-9(11(17)18)19-12-14-10(15-16(6)12)7-3-2-4-8(13)5-7/h2-5H,1H3,(H,17,18). The van der Waals surface area contributed by atoms with Gasteiger partial charge < -0.3 is 5.11 Å². The van der Waals surface area contributed by atoms with E-state index in [0.29, 0.717) is 22.0 Å². The molecule has 1 aromatic carbocycles. The molecule has 2 heterocycles. The number of fused-ring (bicyclic) bond motifs is 1. The third-order valence-corrected chi connectivity index (χ3v) is 3.82. The number of aryl methyl sites for hydroxylation is 1. The number of aromatic nitrogens is 3. The zero-order chi connectivity index (χ0) is 13.6. The summed E-state index contributed by atoms with van der Waals surface area (Å²) >= 11 is 1.05. The maximum atomic E-state index is 13.1. The van der Waals surface area contributed by atoms with E-state index in [-0.39, 0.29) is 10.7 Å². The first-order valence-corrected chi connectivity index (χ1v) is 6.23. The van der Waals surface area contributed by atoms with E-state index in [2.05, 4.69) is 10.1 Å². The minimum atomic E-state index is -0.998. The molecule has 3 aromatic rings. The minimum absolute atomic E-state index is 0.209. The SMILES string of the molecule is Cc1c(C(=O)O)sc2nc(-c3cccc(F)c3)nn12. The Morgan fingerprint density at radius 1 is 1.47 bits per heavy atom. The molecule has 0 bridgehead atoms. The van der Waals surface area contributed by atoms with Crippen LogP contribution in [0.25, 0.3) is 16.3 Å². The monoisotopic (exact) mass is 277 g/mol. The predicted molar refractivity (Wildman–Crippen MR) is 68.0 cm³/mol. The van der Waals surface area contributed by atoms with Gasteiger partial charge in [-0.05, 0) is 19.1 Å². The average molecular weight is 277 g/mol. The van der Waals surface area contributed by atoms with E-state index in [4.69, 9.17) is 5.11 Å². The molecule has 96 valence electrons. The molecule has 19 heavy (non-hydrogen) atoms. The summed E-state index contributed by atoms with van der Waals surface area (Å²) in [6, 6.07) is 5.97. The molecule has 0 saturated heterocycles. The van der Waals surface area contributed by atoms with Crippen molar-refractivity contribution in [3.05, 3.63) is 40.7 Å². The molecular weight excluding hydrogens is 269 g/mol. The van der Waals surface area contributed by atoms with E-state index >= 15 is 0 Å². The van der Waals surface area contributed by atoms with Gasteiger partial charge >= 0.3 is 5.97 Å². The lowest BCUT2D eigenvalue weighted by Gasteiger charge is -1.95. The second kappa shape index (κ2) is 4.13. The number of hydrogen-bond acceptors (Lipinski definition) is 4. The molecule has 0 aliphatic carbocycles. The number of carboxylic acids is 1. The number of carboxylic acid groups (broad SMARTS) is 1. The van der Waals surface area contributed by atoms with Crippen molar-refractivity contribution in [2.45, 2.75) is 6.92 Å². The predicted octanol–water partition coefficient (Wildman–Crippen LogP) is 2.60. The first-order valence-electron chi connectivity index (χ1n) is 5.41. The van der Waals surface area contributed by atoms with Crippen LogP contribution in [0.15, 0.2) is 24.3 Å². The molecule has 5 nitrogen and oxygen atoms in total. The normalized spacial score (nSPS) is 11.1. The van der Waals surface area contributed by atoms with Crippen LogP contribution in [0.2, 0.25) is 0 Å². The van der Waals surface area contributed by atoms with Gasteiger partial charge in [0.25, 0.3) is 0 Å². The van der Waals surface area contributed by atoms with Gasteiger partial charge in [-0.15, -0.1) is 5.10 Å². The van der Waals surface area contributed by atoms with Crippen molar-refractivity contribution in [3.8, 4) is 11.4 Å². The van der Waals surface area contributed by atoms with Gasteiger partial charge in [0, 0.05) is 5.56 Å². The second-order valence-corrected chi connectivity index (χ2v) is 4.94. The quantitative estimate of drug-likeness (QED) is 0.781. The fourth-order valence-electron chi connectivity index (χ4n) is 1.79. The maximum absolute atomic E-state index is 13.1. The van der Waals surface area contributed by atoms with Crippen LogP contribution in [-0.4, -0.2) is 25.7 Å². The summed E-state index contributed by atoms with van der Waals surface area (Å²) in [6.45, 7) is 1.66. The summed E-state index contributed by atoms with van der Waals surface area (Å²) in [7, 11) is 0. The summed E-state index contributed by atoms with van der Waals surface area (Å²) in [5.41, 5.74) is 1.08. The lowest BCUT2D eigenvalue weighted by atomic mass is 10.2. The van der Waals surface area contributed by atoms with Crippen molar-refractivity contribution >= 4 is 22.3 Å². The highest BCUT2D eigenvalue weighted by molar-refractivity contribution is 7.18. The molecular formula is C12H8FN3O2S. The van der Waals surface area contributed by atoms with Crippen molar-refractivity contribution in [2.75, 3.05) is 0 Å². The number of thiazole rings is 1. The maximum Gasteiger partial charge on any atom is 0.347 e. The molecule has 0 saturated carbocycles. The average Bonchev–Trinajstić information content (AvgIpc) is 2.89. The fraction of sp³-hybridized carbons (Fsp3) is 0.0833.